The Balaban J connectivity index is 1.75. The Kier molecular flexibility index (Phi) is 3.57. The molecular weight excluding hydrogens is 276 g/mol. The summed E-state index contributed by atoms with van der Waals surface area (Å²) in [4.78, 5) is 26.5. The number of thiophene rings is 1. The first-order valence-electron chi connectivity index (χ1n) is 6.46. The van der Waals surface area contributed by atoms with Crippen LogP contribution in [0.1, 0.15) is 23.3 Å². The van der Waals surface area contributed by atoms with Gasteiger partial charge in [0.15, 0.2) is 0 Å². The van der Waals surface area contributed by atoms with Gasteiger partial charge in [0.25, 0.3) is 11.8 Å². The van der Waals surface area contributed by atoms with Crippen LogP contribution in [0, 0.1) is 11.8 Å². The summed E-state index contributed by atoms with van der Waals surface area (Å²) in [6.07, 6.45) is 0.413. The fourth-order valence-electron chi connectivity index (χ4n) is 2.45. The lowest BCUT2D eigenvalue weighted by Gasteiger charge is -2.29. The second-order valence-corrected chi connectivity index (χ2v) is 5.76. The highest BCUT2D eigenvalue weighted by Crippen LogP contribution is 2.30. The van der Waals surface area contributed by atoms with Gasteiger partial charge >= 0.3 is 0 Å². The first-order chi connectivity index (χ1) is 9.69. The normalized spacial score (nSPS) is 24.8. The zero-order valence-corrected chi connectivity index (χ0v) is 11.6. The summed E-state index contributed by atoms with van der Waals surface area (Å²) in [7, 11) is 0. The zero-order chi connectivity index (χ0) is 14.1. The van der Waals surface area contributed by atoms with Crippen LogP contribution in [-0.2, 0) is 20.9 Å². The Labute approximate surface area is 120 Å². The predicted molar refractivity (Wildman–Crippen MR) is 73.7 cm³/mol. The third-order valence-electron chi connectivity index (χ3n) is 3.41. The largest absolute Gasteiger partial charge is 0.355 e. The van der Waals surface area contributed by atoms with Crippen LogP contribution < -0.4 is 5.73 Å². The van der Waals surface area contributed by atoms with Crippen LogP contribution in [0.15, 0.2) is 11.4 Å². The highest BCUT2D eigenvalue weighted by molar-refractivity contribution is 7.10. The van der Waals surface area contributed by atoms with Crippen LogP contribution in [0.2, 0.25) is 0 Å². The molecule has 1 aromatic heterocycles. The van der Waals surface area contributed by atoms with Crippen LogP contribution in [-0.4, -0.2) is 35.5 Å². The molecule has 1 aromatic rings. The maximum absolute atomic E-state index is 12.1. The molecule has 2 atom stereocenters. The van der Waals surface area contributed by atoms with E-state index < -0.39 is 12.2 Å². The number of fused-ring (bicyclic) bond motifs is 2. The lowest BCUT2D eigenvalue weighted by atomic mass is 10.2. The second-order valence-electron chi connectivity index (χ2n) is 4.76. The molecule has 0 saturated carbocycles. The fraction of sp³-hybridized carbons (Fsp3) is 0.429. The molecule has 3 rings (SSSR count). The zero-order valence-electron chi connectivity index (χ0n) is 10.8. The van der Waals surface area contributed by atoms with Gasteiger partial charge in [-0.2, -0.15) is 0 Å². The van der Waals surface area contributed by atoms with E-state index in [0.717, 1.165) is 10.4 Å². The first-order valence-corrected chi connectivity index (χ1v) is 7.34. The molecule has 2 unspecified atom stereocenters. The van der Waals surface area contributed by atoms with E-state index in [0.29, 0.717) is 25.9 Å². The number of nitrogens with zero attached hydrogens (tertiary/aromatic N) is 1. The fourth-order valence-corrected chi connectivity index (χ4v) is 3.25. The van der Waals surface area contributed by atoms with Crippen molar-refractivity contribution in [3.05, 3.63) is 21.9 Å². The smallest absolute Gasteiger partial charge is 0.258 e. The number of morpholine rings is 1. The van der Waals surface area contributed by atoms with E-state index in [1.54, 1.807) is 0 Å². The molecule has 0 aromatic carbocycles. The van der Waals surface area contributed by atoms with Crippen molar-refractivity contribution in [3.63, 3.8) is 0 Å². The summed E-state index contributed by atoms with van der Waals surface area (Å²) in [5.74, 6) is 5.28. The third kappa shape index (κ3) is 2.36. The van der Waals surface area contributed by atoms with Crippen molar-refractivity contribution in [2.24, 2.45) is 5.73 Å². The summed E-state index contributed by atoms with van der Waals surface area (Å²) in [6, 6.07) is 1.89. The van der Waals surface area contributed by atoms with E-state index in [4.69, 9.17) is 10.5 Å². The molecule has 104 valence electrons. The highest BCUT2D eigenvalue weighted by atomic mass is 32.1. The minimum absolute atomic E-state index is 0.216. The van der Waals surface area contributed by atoms with Gasteiger partial charge in [-0.3, -0.25) is 14.5 Å². The minimum atomic E-state index is -0.436. The lowest BCUT2D eigenvalue weighted by Crippen LogP contribution is -2.51. The van der Waals surface area contributed by atoms with Crippen LogP contribution in [0.5, 0.6) is 0 Å². The number of likely N-dealkylation sites (tertiary alicyclic amines) is 1. The molecular formula is C14H14N2O3S. The molecule has 6 heteroatoms. The Bertz CT molecular complexity index is 591. The number of hydrogen-bond acceptors (Lipinski definition) is 5. The van der Waals surface area contributed by atoms with Crippen LogP contribution >= 0.6 is 11.3 Å². The Morgan fingerprint density at radius 1 is 1.35 bits per heavy atom. The van der Waals surface area contributed by atoms with E-state index in [-0.39, 0.29) is 11.8 Å². The Hall–Kier alpha value is -1.68. The van der Waals surface area contributed by atoms with E-state index in [9.17, 15) is 9.59 Å². The molecule has 3 heterocycles. The average molecular weight is 290 g/mol. The average Bonchev–Trinajstić information content (AvgIpc) is 3.07. The van der Waals surface area contributed by atoms with Crippen molar-refractivity contribution in [3.8, 4) is 11.8 Å². The molecule has 0 aliphatic carbocycles. The number of nitrogens with two attached hydrogens (primary N) is 1. The van der Waals surface area contributed by atoms with Gasteiger partial charge in [-0.15, -0.1) is 11.3 Å². The van der Waals surface area contributed by atoms with Crippen molar-refractivity contribution in [2.45, 2.75) is 31.6 Å². The van der Waals surface area contributed by atoms with Gasteiger partial charge in [-0.1, -0.05) is 11.8 Å². The van der Waals surface area contributed by atoms with Gasteiger partial charge < -0.3 is 10.5 Å². The molecule has 20 heavy (non-hydrogen) atoms. The van der Waals surface area contributed by atoms with E-state index >= 15 is 0 Å². The van der Waals surface area contributed by atoms with E-state index in [2.05, 4.69) is 11.8 Å². The number of carbonyl (C=O) groups excluding carboxylic acids is 2. The number of ether oxygens (including phenoxy) is 1. The lowest BCUT2D eigenvalue weighted by molar-refractivity contribution is -0.169. The molecule has 0 radical (unpaired) electrons. The third-order valence-corrected chi connectivity index (χ3v) is 4.33. The molecule has 2 fully saturated rings. The van der Waals surface area contributed by atoms with Crippen molar-refractivity contribution < 1.29 is 14.3 Å². The molecule has 5 nitrogen and oxygen atoms in total. The van der Waals surface area contributed by atoms with Crippen molar-refractivity contribution in [1.29, 1.82) is 0 Å². The number of imide groups is 1. The Morgan fingerprint density at radius 3 is 2.70 bits per heavy atom. The maximum atomic E-state index is 12.1. The van der Waals surface area contributed by atoms with E-state index in [1.165, 1.54) is 16.2 Å². The molecule has 2 aliphatic rings. The SMILES string of the molecule is NCC#Cc1csc(CN2C(=O)C3CCC(O3)C2=O)c1. The molecule has 2 aliphatic heterocycles. The van der Waals surface area contributed by atoms with E-state index in [1.807, 2.05) is 11.4 Å². The molecule has 2 amide bonds. The highest BCUT2D eigenvalue weighted by Gasteiger charge is 2.46. The van der Waals surface area contributed by atoms with Crippen LogP contribution in [0.25, 0.3) is 0 Å². The second kappa shape index (κ2) is 5.37. The van der Waals surface area contributed by atoms with Gasteiger partial charge in [-0.05, 0) is 18.9 Å². The summed E-state index contributed by atoms with van der Waals surface area (Å²) >= 11 is 1.49. The topological polar surface area (TPSA) is 72.6 Å². The standard InChI is InChI=1S/C14H14N2O3S/c15-5-1-2-9-6-10(20-8-9)7-16-13(17)11-3-4-12(19-11)14(16)18/h6,8,11-12H,3-5,7,15H2. The first kappa shape index (κ1) is 13.3. The van der Waals surface area contributed by atoms with Gasteiger partial charge in [-0.25, -0.2) is 0 Å². The number of carbonyl (C=O) groups is 2. The predicted octanol–water partition coefficient (Wildman–Crippen LogP) is 0.475. The van der Waals surface area contributed by atoms with Gasteiger partial charge in [0.2, 0.25) is 0 Å². The molecule has 0 spiro atoms. The quantitative estimate of drug-likeness (QED) is 0.635. The van der Waals surface area contributed by atoms with Crippen molar-refractivity contribution in [2.75, 3.05) is 6.54 Å². The van der Waals surface area contributed by atoms with Crippen LogP contribution in [0.4, 0.5) is 0 Å². The van der Waals surface area contributed by atoms with Gasteiger partial charge in [0.05, 0.1) is 13.1 Å². The number of amides is 2. The molecule has 2 bridgehead atoms. The number of rotatable bonds is 2. The molecule has 2 N–H and O–H groups in total. The summed E-state index contributed by atoms with van der Waals surface area (Å²) in [5.41, 5.74) is 6.19. The maximum Gasteiger partial charge on any atom is 0.258 e. The van der Waals surface area contributed by atoms with Crippen molar-refractivity contribution in [1.82, 2.24) is 4.90 Å². The monoisotopic (exact) mass is 290 g/mol. The van der Waals surface area contributed by atoms with Crippen LogP contribution in [0.3, 0.4) is 0 Å². The summed E-state index contributed by atoms with van der Waals surface area (Å²) in [6.45, 7) is 0.623. The summed E-state index contributed by atoms with van der Waals surface area (Å²) in [5, 5.41) is 1.90. The summed E-state index contributed by atoms with van der Waals surface area (Å²) < 4.78 is 5.37. The van der Waals surface area contributed by atoms with Gasteiger partial charge in [0.1, 0.15) is 12.2 Å². The number of hydrogen-bond donors (Lipinski definition) is 1. The minimum Gasteiger partial charge on any atom is -0.355 e. The molecule has 2 saturated heterocycles. The van der Waals surface area contributed by atoms with Crippen molar-refractivity contribution >= 4 is 23.2 Å². The van der Waals surface area contributed by atoms with Gasteiger partial charge in [0, 0.05) is 15.8 Å². The Morgan fingerprint density at radius 2 is 2.05 bits per heavy atom.